The van der Waals surface area contributed by atoms with Crippen LogP contribution < -0.4 is 14.5 Å². The van der Waals surface area contributed by atoms with Crippen LogP contribution in [0.4, 0.5) is 5.69 Å². The summed E-state index contributed by atoms with van der Waals surface area (Å²) in [6.07, 6.45) is 2.09. The molecular weight excluding hydrogens is 376 g/mol. The summed E-state index contributed by atoms with van der Waals surface area (Å²) < 4.78 is 11.9. The fourth-order valence-electron chi connectivity index (χ4n) is 4.09. The standard InChI is InChI=1S/C25H22N2O3/c1-29-23-12-11-19(22-16-25(28)27(26-22)20-9-3-2-4-10-20)15-24(23)30-21-13-17-7-5-6-8-18(17)14-21/h2-12,15,21H,13-14,16H2,1H3. The van der Waals surface area contributed by atoms with Gasteiger partial charge in [-0.3, -0.25) is 4.79 Å². The molecule has 0 saturated carbocycles. The number of para-hydroxylation sites is 1. The highest BCUT2D eigenvalue weighted by atomic mass is 16.5. The Labute approximate surface area is 175 Å². The molecule has 30 heavy (non-hydrogen) atoms. The van der Waals surface area contributed by atoms with Gasteiger partial charge in [0, 0.05) is 18.4 Å². The molecular formula is C25H22N2O3. The molecule has 0 radical (unpaired) electrons. The summed E-state index contributed by atoms with van der Waals surface area (Å²) in [5.74, 6) is 1.32. The highest BCUT2D eigenvalue weighted by Crippen LogP contribution is 2.34. The maximum Gasteiger partial charge on any atom is 0.253 e. The zero-order chi connectivity index (χ0) is 20.5. The number of carbonyl (C=O) groups is 1. The van der Waals surface area contributed by atoms with Crippen molar-refractivity contribution in [2.45, 2.75) is 25.4 Å². The van der Waals surface area contributed by atoms with Crippen LogP contribution in [-0.4, -0.2) is 24.8 Å². The summed E-state index contributed by atoms with van der Waals surface area (Å²) in [6.45, 7) is 0. The molecule has 3 aromatic rings. The van der Waals surface area contributed by atoms with Gasteiger partial charge in [0.25, 0.3) is 5.91 Å². The Morgan fingerprint density at radius 1 is 0.900 bits per heavy atom. The highest BCUT2D eigenvalue weighted by molar-refractivity contribution is 6.19. The van der Waals surface area contributed by atoms with Gasteiger partial charge in [0.15, 0.2) is 11.5 Å². The third kappa shape index (κ3) is 3.43. The molecule has 1 aliphatic heterocycles. The predicted molar refractivity (Wildman–Crippen MR) is 116 cm³/mol. The first-order valence-electron chi connectivity index (χ1n) is 10.1. The molecule has 0 bridgehead atoms. The zero-order valence-electron chi connectivity index (χ0n) is 16.7. The van der Waals surface area contributed by atoms with Crippen molar-refractivity contribution in [2.24, 2.45) is 5.10 Å². The van der Waals surface area contributed by atoms with Gasteiger partial charge < -0.3 is 9.47 Å². The topological polar surface area (TPSA) is 51.1 Å². The number of hydrogen-bond acceptors (Lipinski definition) is 4. The lowest BCUT2D eigenvalue weighted by Crippen LogP contribution is -2.19. The van der Waals surface area contributed by atoms with Gasteiger partial charge in [-0.15, -0.1) is 0 Å². The summed E-state index contributed by atoms with van der Waals surface area (Å²) in [4.78, 5) is 12.5. The second kappa shape index (κ2) is 7.67. The van der Waals surface area contributed by atoms with Gasteiger partial charge in [0.2, 0.25) is 0 Å². The molecule has 5 rings (SSSR count). The van der Waals surface area contributed by atoms with Crippen molar-refractivity contribution in [1.29, 1.82) is 0 Å². The molecule has 1 heterocycles. The fourth-order valence-corrected chi connectivity index (χ4v) is 4.09. The second-order valence-corrected chi connectivity index (χ2v) is 7.55. The van der Waals surface area contributed by atoms with E-state index in [0.717, 1.165) is 29.8 Å². The SMILES string of the molecule is COc1ccc(C2=NN(c3ccccc3)C(=O)C2)cc1OC1Cc2ccccc2C1. The lowest BCUT2D eigenvalue weighted by atomic mass is 10.1. The molecule has 0 atom stereocenters. The number of nitrogens with zero attached hydrogens (tertiary/aromatic N) is 2. The molecule has 150 valence electrons. The first-order valence-corrected chi connectivity index (χ1v) is 10.1. The molecule has 0 fully saturated rings. The molecule has 3 aromatic carbocycles. The lowest BCUT2D eigenvalue weighted by Gasteiger charge is -2.17. The summed E-state index contributed by atoms with van der Waals surface area (Å²) in [5, 5.41) is 6.04. The average molecular weight is 398 g/mol. The van der Waals surface area contributed by atoms with Crippen LogP contribution in [0, 0.1) is 0 Å². The van der Waals surface area contributed by atoms with E-state index < -0.39 is 0 Å². The fraction of sp³-hybridized carbons (Fsp3) is 0.200. The van der Waals surface area contributed by atoms with Crippen molar-refractivity contribution in [1.82, 2.24) is 0 Å². The minimum absolute atomic E-state index is 0.0410. The summed E-state index contributed by atoms with van der Waals surface area (Å²) in [6, 6.07) is 23.7. The van der Waals surface area contributed by atoms with Gasteiger partial charge in [0.05, 0.1) is 24.9 Å². The normalized spacial score (nSPS) is 15.8. The number of hydrazone groups is 1. The molecule has 1 aliphatic carbocycles. The second-order valence-electron chi connectivity index (χ2n) is 7.55. The molecule has 0 spiro atoms. The van der Waals surface area contributed by atoms with Crippen molar-refractivity contribution < 1.29 is 14.3 Å². The van der Waals surface area contributed by atoms with Crippen LogP contribution in [0.15, 0.2) is 77.9 Å². The van der Waals surface area contributed by atoms with E-state index in [-0.39, 0.29) is 18.4 Å². The molecule has 0 aromatic heterocycles. The number of methoxy groups -OCH3 is 1. The maximum atomic E-state index is 12.5. The number of benzene rings is 3. The quantitative estimate of drug-likeness (QED) is 0.641. The van der Waals surface area contributed by atoms with Crippen molar-refractivity contribution >= 4 is 17.3 Å². The van der Waals surface area contributed by atoms with Crippen LogP contribution in [0.1, 0.15) is 23.1 Å². The Balaban J connectivity index is 1.40. The monoisotopic (exact) mass is 398 g/mol. The Morgan fingerprint density at radius 2 is 1.60 bits per heavy atom. The molecule has 2 aliphatic rings. The minimum Gasteiger partial charge on any atom is -0.493 e. The van der Waals surface area contributed by atoms with E-state index in [1.54, 1.807) is 7.11 Å². The molecule has 5 nitrogen and oxygen atoms in total. The van der Waals surface area contributed by atoms with E-state index in [0.29, 0.717) is 11.5 Å². The van der Waals surface area contributed by atoms with E-state index in [2.05, 4.69) is 29.4 Å². The number of carbonyl (C=O) groups excluding carboxylic acids is 1. The van der Waals surface area contributed by atoms with Crippen molar-refractivity contribution in [2.75, 3.05) is 12.1 Å². The highest BCUT2D eigenvalue weighted by Gasteiger charge is 2.28. The number of amides is 1. The van der Waals surface area contributed by atoms with Crippen LogP contribution in [-0.2, 0) is 17.6 Å². The van der Waals surface area contributed by atoms with E-state index >= 15 is 0 Å². The van der Waals surface area contributed by atoms with Crippen LogP contribution in [0.3, 0.4) is 0 Å². The van der Waals surface area contributed by atoms with Crippen LogP contribution in [0.5, 0.6) is 11.5 Å². The largest absolute Gasteiger partial charge is 0.493 e. The van der Waals surface area contributed by atoms with Gasteiger partial charge in [-0.25, -0.2) is 5.01 Å². The lowest BCUT2D eigenvalue weighted by molar-refractivity contribution is -0.116. The number of fused-ring (bicyclic) bond motifs is 1. The summed E-state index contributed by atoms with van der Waals surface area (Å²) in [7, 11) is 1.64. The Morgan fingerprint density at radius 3 is 2.30 bits per heavy atom. The molecule has 0 unspecified atom stereocenters. The number of rotatable bonds is 5. The third-order valence-electron chi connectivity index (χ3n) is 5.58. The first kappa shape index (κ1) is 18.4. The molecule has 1 amide bonds. The van der Waals surface area contributed by atoms with E-state index in [1.807, 2.05) is 48.5 Å². The molecule has 5 heteroatoms. The summed E-state index contributed by atoms with van der Waals surface area (Å²) in [5.41, 5.74) is 5.04. The van der Waals surface area contributed by atoms with E-state index in [9.17, 15) is 4.79 Å². The van der Waals surface area contributed by atoms with Crippen LogP contribution in [0.2, 0.25) is 0 Å². The van der Waals surface area contributed by atoms with Crippen molar-refractivity contribution in [3.05, 3.63) is 89.5 Å². The summed E-state index contributed by atoms with van der Waals surface area (Å²) >= 11 is 0. The number of hydrogen-bond donors (Lipinski definition) is 0. The Bertz CT molecular complexity index is 1100. The van der Waals surface area contributed by atoms with Crippen LogP contribution >= 0.6 is 0 Å². The Kier molecular flexibility index (Phi) is 4.71. The smallest absolute Gasteiger partial charge is 0.253 e. The van der Waals surface area contributed by atoms with Gasteiger partial charge in [-0.2, -0.15) is 5.10 Å². The van der Waals surface area contributed by atoms with Gasteiger partial charge >= 0.3 is 0 Å². The van der Waals surface area contributed by atoms with Gasteiger partial charge in [0.1, 0.15) is 6.10 Å². The van der Waals surface area contributed by atoms with E-state index in [4.69, 9.17) is 9.47 Å². The van der Waals surface area contributed by atoms with Crippen LogP contribution in [0.25, 0.3) is 0 Å². The minimum atomic E-state index is -0.0410. The van der Waals surface area contributed by atoms with E-state index in [1.165, 1.54) is 16.1 Å². The predicted octanol–water partition coefficient (Wildman–Crippen LogP) is 4.38. The van der Waals surface area contributed by atoms with Crippen molar-refractivity contribution in [3.8, 4) is 11.5 Å². The number of anilines is 1. The molecule has 0 saturated heterocycles. The average Bonchev–Trinajstić information content (AvgIpc) is 3.37. The first-order chi connectivity index (χ1) is 14.7. The third-order valence-corrected chi connectivity index (χ3v) is 5.58. The number of ether oxygens (including phenoxy) is 2. The maximum absolute atomic E-state index is 12.5. The van der Waals surface area contributed by atoms with Crippen molar-refractivity contribution in [3.63, 3.8) is 0 Å². The Hall–Kier alpha value is -3.60. The van der Waals surface area contributed by atoms with Gasteiger partial charge in [-0.1, -0.05) is 42.5 Å². The zero-order valence-corrected chi connectivity index (χ0v) is 16.7. The van der Waals surface area contributed by atoms with Gasteiger partial charge in [-0.05, 0) is 41.5 Å². The molecule has 0 N–H and O–H groups in total.